The van der Waals surface area contributed by atoms with Crippen LogP contribution < -0.4 is 5.32 Å². The first-order valence-electron chi connectivity index (χ1n) is 7.10. The monoisotopic (exact) mass is 330 g/mol. The molecule has 0 radical (unpaired) electrons. The van der Waals surface area contributed by atoms with E-state index < -0.39 is 6.10 Å². The number of rotatable bonds is 5. The van der Waals surface area contributed by atoms with Gasteiger partial charge in [0.15, 0.2) is 0 Å². The molecule has 0 bridgehead atoms. The summed E-state index contributed by atoms with van der Waals surface area (Å²) in [4.78, 5) is 8.61. The fraction of sp³-hybridized carbons (Fsp3) is 0.188. The Morgan fingerprint density at radius 1 is 1.26 bits per heavy atom. The van der Waals surface area contributed by atoms with Gasteiger partial charge in [0.1, 0.15) is 5.82 Å². The molecule has 0 saturated heterocycles. The molecule has 0 fully saturated rings. The molecule has 2 heterocycles. The molecule has 7 heteroatoms. The van der Waals surface area contributed by atoms with Crippen LogP contribution in [0.4, 0.5) is 5.82 Å². The lowest BCUT2D eigenvalue weighted by Gasteiger charge is -2.07. The molecule has 0 aliphatic rings. The maximum atomic E-state index is 9.24. The third-order valence-electron chi connectivity index (χ3n) is 3.10. The van der Waals surface area contributed by atoms with Crippen molar-refractivity contribution in [3.8, 4) is 22.8 Å². The van der Waals surface area contributed by atoms with Gasteiger partial charge in [0, 0.05) is 23.3 Å². The van der Waals surface area contributed by atoms with E-state index in [2.05, 4.69) is 20.4 Å². The van der Waals surface area contributed by atoms with E-state index in [0.717, 1.165) is 5.56 Å². The first-order chi connectivity index (χ1) is 11.1. The van der Waals surface area contributed by atoms with Crippen molar-refractivity contribution in [2.24, 2.45) is 0 Å². The Kier molecular flexibility index (Phi) is 4.55. The number of hydrogen-bond donors (Lipinski definition) is 2. The Balaban J connectivity index is 1.77. The van der Waals surface area contributed by atoms with Gasteiger partial charge in [-0.3, -0.25) is 0 Å². The molecule has 1 atom stereocenters. The Morgan fingerprint density at radius 2 is 2.13 bits per heavy atom. The SMILES string of the molecule is CC(O)CNc1ccc(-c2nc(-c3cccc(Cl)c3)no2)cn1. The Morgan fingerprint density at radius 3 is 2.83 bits per heavy atom. The van der Waals surface area contributed by atoms with Crippen LogP contribution in [0.5, 0.6) is 0 Å². The fourth-order valence-electron chi connectivity index (χ4n) is 1.96. The van der Waals surface area contributed by atoms with Crippen LogP contribution in [0.25, 0.3) is 22.8 Å². The summed E-state index contributed by atoms with van der Waals surface area (Å²) < 4.78 is 5.28. The number of aliphatic hydroxyl groups excluding tert-OH is 1. The van der Waals surface area contributed by atoms with E-state index in [0.29, 0.717) is 34.7 Å². The maximum Gasteiger partial charge on any atom is 0.259 e. The van der Waals surface area contributed by atoms with E-state index in [-0.39, 0.29) is 0 Å². The van der Waals surface area contributed by atoms with Crippen molar-refractivity contribution in [2.75, 3.05) is 11.9 Å². The van der Waals surface area contributed by atoms with Crippen LogP contribution in [0.15, 0.2) is 47.1 Å². The van der Waals surface area contributed by atoms with E-state index in [4.69, 9.17) is 16.1 Å². The minimum Gasteiger partial charge on any atom is -0.392 e. The molecule has 2 aromatic heterocycles. The summed E-state index contributed by atoms with van der Waals surface area (Å²) in [6.07, 6.45) is 1.20. The van der Waals surface area contributed by atoms with Gasteiger partial charge in [0.25, 0.3) is 5.89 Å². The second-order valence-corrected chi connectivity index (χ2v) is 5.53. The third-order valence-corrected chi connectivity index (χ3v) is 3.33. The van der Waals surface area contributed by atoms with Crippen molar-refractivity contribution in [1.29, 1.82) is 0 Å². The molecule has 23 heavy (non-hydrogen) atoms. The standard InChI is InChI=1S/C16H15ClN4O2/c1-10(22)8-18-14-6-5-12(9-19-14)16-20-15(21-23-16)11-3-2-4-13(17)7-11/h2-7,9-10,22H,8H2,1H3,(H,18,19). The quantitative estimate of drug-likeness (QED) is 0.747. The number of nitrogens with one attached hydrogen (secondary N) is 1. The number of aliphatic hydroxyl groups is 1. The molecule has 118 valence electrons. The van der Waals surface area contributed by atoms with E-state index in [1.54, 1.807) is 31.3 Å². The van der Waals surface area contributed by atoms with Crippen molar-refractivity contribution in [2.45, 2.75) is 13.0 Å². The van der Waals surface area contributed by atoms with Gasteiger partial charge in [0.2, 0.25) is 5.82 Å². The van der Waals surface area contributed by atoms with Crippen molar-refractivity contribution in [3.05, 3.63) is 47.6 Å². The van der Waals surface area contributed by atoms with Crippen LogP contribution >= 0.6 is 11.6 Å². The van der Waals surface area contributed by atoms with Crippen molar-refractivity contribution in [1.82, 2.24) is 15.1 Å². The summed E-state index contributed by atoms with van der Waals surface area (Å²) in [5.74, 6) is 1.53. The van der Waals surface area contributed by atoms with E-state index in [1.807, 2.05) is 18.2 Å². The summed E-state index contributed by atoms with van der Waals surface area (Å²) in [5.41, 5.74) is 1.50. The topological polar surface area (TPSA) is 84.1 Å². The normalized spacial score (nSPS) is 12.1. The highest BCUT2D eigenvalue weighted by molar-refractivity contribution is 6.30. The molecular weight excluding hydrogens is 316 g/mol. The highest BCUT2D eigenvalue weighted by Crippen LogP contribution is 2.24. The van der Waals surface area contributed by atoms with Crippen molar-refractivity contribution < 1.29 is 9.63 Å². The number of halogens is 1. The van der Waals surface area contributed by atoms with Crippen molar-refractivity contribution >= 4 is 17.4 Å². The van der Waals surface area contributed by atoms with Gasteiger partial charge in [-0.15, -0.1) is 0 Å². The lowest BCUT2D eigenvalue weighted by Crippen LogP contribution is -2.15. The number of nitrogens with zero attached hydrogens (tertiary/aromatic N) is 3. The second kappa shape index (κ2) is 6.76. The first kappa shape index (κ1) is 15.5. The molecule has 3 aromatic rings. The molecule has 0 amide bonds. The zero-order valence-corrected chi connectivity index (χ0v) is 13.2. The number of benzene rings is 1. The van der Waals surface area contributed by atoms with Crippen LogP contribution in [-0.4, -0.2) is 32.9 Å². The lowest BCUT2D eigenvalue weighted by atomic mass is 10.2. The van der Waals surface area contributed by atoms with Crippen LogP contribution in [0, 0.1) is 0 Å². The molecular formula is C16H15ClN4O2. The van der Waals surface area contributed by atoms with Gasteiger partial charge in [-0.2, -0.15) is 4.98 Å². The van der Waals surface area contributed by atoms with Crippen LogP contribution in [-0.2, 0) is 0 Å². The lowest BCUT2D eigenvalue weighted by molar-refractivity contribution is 0.208. The molecule has 3 rings (SSSR count). The maximum absolute atomic E-state index is 9.24. The zero-order chi connectivity index (χ0) is 16.2. The van der Waals surface area contributed by atoms with Crippen molar-refractivity contribution in [3.63, 3.8) is 0 Å². The van der Waals surface area contributed by atoms with Gasteiger partial charge in [-0.1, -0.05) is 28.9 Å². The molecule has 6 nitrogen and oxygen atoms in total. The summed E-state index contributed by atoms with van der Waals surface area (Å²) in [6, 6.07) is 10.9. The largest absolute Gasteiger partial charge is 0.392 e. The highest BCUT2D eigenvalue weighted by atomic mass is 35.5. The number of anilines is 1. The number of aromatic nitrogens is 3. The Hall–Kier alpha value is -2.44. The molecule has 1 unspecified atom stereocenters. The smallest absolute Gasteiger partial charge is 0.259 e. The van der Waals surface area contributed by atoms with Gasteiger partial charge >= 0.3 is 0 Å². The average molecular weight is 331 g/mol. The minimum absolute atomic E-state index is 0.384. The Labute approximate surface area is 138 Å². The fourth-order valence-corrected chi connectivity index (χ4v) is 2.15. The highest BCUT2D eigenvalue weighted by Gasteiger charge is 2.11. The minimum atomic E-state index is -0.437. The van der Waals surface area contributed by atoms with Gasteiger partial charge < -0.3 is 14.9 Å². The number of pyridine rings is 1. The molecule has 0 spiro atoms. The summed E-state index contributed by atoms with van der Waals surface area (Å²) in [7, 11) is 0. The zero-order valence-electron chi connectivity index (χ0n) is 12.4. The summed E-state index contributed by atoms with van der Waals surface area (Å²) >= 11 is 5.97. The molecule has 1 aromatic carbocycles. The van der Waals surface area contributed by atoms with E-state index in [9.17, 15) is 5.11 Å². The second-order valence-electron chi connectivity index (χ2n) is 5.10. The van der Waals surface area contributed by atoms with Gasteiger partial charge in [0.05, 0.1) is 11.7 Å². The summed E-state index contributed by atoms with van der Waals surface area (Å²) in [6.45, 7) is 2.14. The predicted molar refractivity (Wildman–Crippen MR) is 88.1 cm³/mol. The number of hydrogen-bond acceptors (Lipinski definition) is 6. The van der Waals surface area contributed by atoms with E-state index in [1.165, 1.54) is 0 Å². The van der Waals surface area contributed by atoms with Crippen LogP contribution in [0.3, 0.4) is 0 Å². The van der Waals surface area contributed by atoms with Crippen LogP contribution in [0.2, 0.25) is 5.02 Å². The molecule has 0 aliphatic heterocycles. The molecule has 0 saturated carbocycles. The average Bonchev–Trinajstić information content (AvgIpc) is 3.03. The predicted octanol–water partition coefficient (Wildman–Crippen LogP) is 3.24. The summed E-state index contributed by atoms with van der Waals surface area (Å²) in [5, 5.41) is 16.8. The molecule has 0 aliphatic carbocycles. The van der Waals surface area contributed by atoms with Gasteiger partial charge in [-0.25, -0.2) is 4.98 Å². The molecule has 2 N–H and O–H groups in total. The van der Waals surface area contributed by atoms with Crippen LogP contribution in [0.1, 0.15) is 6.92 Å². The first-order valence-corrected chi connectivity index (χ1v) is 7.47. The van der Waals surface area contributed by atoms with Gasteiger partial charge in [-0.05, 0) is 31.2 Å². The third kappa shape index (κ3) is 3.85. The Bertz CT molecular complexity index is 787. The van der Waals surface area contributed by atoms with E-state index >= 15 is 0 Å².